The second-order valence-corrected chi connectivity index (χ2v) is 5.08. The minimum absolute atomic E-state index is 0.267. The van der Waals surface area contributed by atoms with E-state index in [0.29, 0.717) is 31.1 Å². The lowest BCUT2D eigenvalue weighted by molar-refractivity contribution is -0.118. The molecule has 0 radical (unpaired) electrons. The van der Waals surface area contributed by atoms with Crippen molar-refractivity contribution in [3.63, 3.8) is 0 Å². The lowest BCUT2D eigenvalue weighted by atomic mass is 9.92. The molecule has 0 aliphatic carbocycles. The number of ketones is 1. The third kappa shape index (κ3) is 6.34. The minimum atomic E-state index is 0.267. The molecule has 0 saturated heterocycles. The molecule has 1 unspecified atom stereocenters. The van der Waals surface area contributed by atoms with Gasteiger partial charge in [0.2, 0.25) is 0 Å². The van der Waals surface area contributed by atoms with Gasteiger partial charge >= 0.3 is 0 Å². The maximum Gasteiger partial charge on any atom is 0.137 e. The maximum absolute atomic E-state index is 11.9. The van der Waals surface area contributed by atoms with Crippen molar-refractivity contribution >= 4 is 11.6 Å². The van der Waals surface area contributed by atoms with Gasteiger partial charge in [-0.05, 0) is 43.0 Å². The van der Waals surface area contributed by atoms with Crippen LogP contribution < -0.4 is 11.5 Å². The zero-order valence-electron chi connectivity index (χ0n) is 11.8. The number of aromatic nitrogens is 1. The first kappa shape index (κ1) is 15.6. The van der Waals surface area contributed by atoms with Gasteiger partial charge in [-0.15, -0.1) is 0 Å². The molecule has 1 aromatic heterocycles. The highest BCUT2D eigenvalue weighted by Crippen LogP contribution is 2.18. The van der Waals surface area contributed by atoms with Crippen molar-refractivity contribution in [3.05, 3.63) is 23.9 Å². The van der Waals surface area contributed by atoms with Crippen LogP contribution in [0.3, 0.4) is 0 Å². The highest BCUT2D eigenvalue weighted by Gasteiger charge is 2.10. The van der Waals surface area contributed by atoms with Crippen molar-refractivity contribution in [1.82, 2.24) is 4.98 Å². The van der Waals surface area contributed by atoms with Crippen molar-refractivity contribution < 1.29 is 4.79 Å². The Hall–Kier alpha value is -1.42. The van der Waals surface area contributed by atoms with Gasteiger partial charge in [0.25, 0.3) is 0 Å². The standard InChI is InChI=1S/C15H25N3O/c1-2-3-12(6-8-16)4-5-14(19)10-13-7-9-18-15(17)11-13/h7,9,11-12H,2-6,8,10,16H2,1H3,(H2,17,18). The van der Waals surface area contributed by atoms with Gasteiger partial charge in [0.15, 0.2) is 0 Å². The summed E-state index contributed by atoms with van der Waals surface area (Å²) in [7, 11) is 0. The summed E-state index contributed by atoms with van der Waals surface area (Å²) in [6, 6.07) is 3.61. The molecule has 4 heteroatoms. The Balaban J connectivity index is 2.38. The second-order valence-electron chi connectivity index (χ2n) is 5.08. The number of nitrogen functional groups attached to an aromatic ring is 1. The van der Waals surface area contributed by atoms with E-state index in [0.717, 1.165) is 31.2 Å². The fourth-order valence-electron chi connectivity index (χ4n) is 2.36. The first-order chi connectivity index (χ1) is 9.15. The van der Waals surface area contributed by atoms with Gasteiger partial charge in [-0.1, -0.05) is 19.8 Å². The number of carbonyl (C=O) groups is 1. The van der Waals surface area contributed by atoms with Crippen LogP contribution in [-0.4, -0.2) is 17.3 Å². The largest absolute Gasteiger partial charge is 0.384 e. The summed E-state index contributed by atoms with van der Waals surface area (Å²) in [5, 5.41) is 0. The fraction of sp³-hybridized carbons (Fsp3) is 0.600. The number of Topliss-reactive ketones (excluding diaryl/α,β-unsaturated/α-hetero) is 1. The molecule has 1 heterocycles. The van der Waals surface area contributed by atoms with Crippen LogP contribution in [0.15, 0.2) is 18.3 Å². The van der Waals surface area contributed by atoms with Gasteiger partial charge in [-0.3, -0.25) is 4.79 Å². The molecule has 0 aromatic carbocycles. The average molecular weight is 263 g/mol. The number of carbonyl (C=O) groups excluding carboxylic acids is 1. The van der Waals surface area contributed by atoms with Gasteiger partial charge in [-0.25, -0.2) is 4.98 Å². The van der Waals surface area contributed by atoms with Crippen molar-refractivity contribution in [2.24, 2.45) is 11.7 Å². The van der Waals surface area contributed by atoms with E-state index in [1.807, 2.05) is 6.07 Å². The third-order valence-corrected chi connectivity index (χ3v) is 3.35. The molecule has 0 aliphatic rings. The molecule has 0 aliphatic heterocycles. The molecule has 106 valence electrons. The van der Waals surface area contributed by atoms with E-state index >= 15 is 0 Å². The summed E-state index contributed by atoms with van der Waals surface area (Å²) in [5.74, 6) is 1.32. The normalized spacial score (nSPS) is 12.3. The molecule has 1 aromatic rings. The van der Waals surface area contributed by atoms with Crippen LogP contribution in [0, 0.1) is 5.92 Å². The molecule has 1 atom stereocenters. The lowest BCUT2D eigenvalue weighted by Gasteiger charge is -2.14. The summed E-state index contributed by atoms with van der Waals surface area (Å²) in [6.45, 7) is 2.88. The van der Waals surface area contributed by atoms with Crippen LogP contribution in [0.4, 0.5) is 5.82 Å². The van der Waals surface area contributed by atoms with Crippen molar-refractivity contribution in [2.45, 2.75) is 45.4 Å². The highest BCUT2D eigenvalue weighted by molar-refractivity contribution is 5.80. The van der Waals surface area contributed by atoms with Gasteiger partial charge in [-0.2, -0.15) is 0 Å². The molecule has 0 spiro atoms. The summed E-state index contributed by atoms with van der Waals surface area (Å²) in [4.78, 5) is 15.9. The number of rotatable bonds is 9. The third-order valence-electron chi connectivity index (χ3n) is 3.35. The SMILES string of the molecule is CCCC(CCN)CCC(=O)Cc1ccnc(N)c1. The molecule has 0 bridgehead atoms. The first-order valence-corrected chi connectivity index (χ1v) is 7.07. The summed E-state index contributed by atoms with van der Waals surface area (Å²) < 4.78 is 0. The molecular weight excluding hydrogens is 238 g/mol. The Kier molecular flexibility index (Phi) is 7.11. The molecule has 19 heavy (non-hydrogen) atoms. The van der Waals surface area contributed by atoms with Gasteiger partial charge in [0, 0.05) is 19.0 Å². The maximum atomic E-state index is 11.9. The monoisotopic (exact) mass is 263 g/mol. The van der Waals surface area contributed by atoms with E-state index in [1.165, 1.54) is 0 Å². The number of nitrogens with two attached hydrogens (primary N) is 2. The molecular formula is C15H25N3O. The Morgan fingerprint density at radius 2 is 2.16 bits per heavy atom. The van der Waals surface area contributed by atoms with Gasteiger partial charge in [0.05, 0.1) is 0 Å². The summed E-state index contributed by atoms with van der Waals surface area (Å²) in [6.07, 6.45) is 7.01. The first-order valence-electron chi connectivity index (χ1n) is 7.07. The predicted molar refractivity (Wildman–Crippen MR) is 78.7 cm³/mol. The van der Waals surface area contributed by atoms with Crippen LogP contribution >= 0.6 is 0 Å². The Labute approximate surface area is 115 Å². The quantitative estimate of drug-likeness (QED) is 0.716. The van der Waals surface area contributed by atoms with Crippen LogP contribution in [0.5, 0.6) is 0 Å². The Morgan fingerprint density at radius 1 is 1.37 bits per heavy atom. The second kappa shape index (κ2) is 8.64. The van der Waals surface area contributed by atoms with Crippen LogP contribution in [0.25, 0.3) is 0 Å². The molecule has 0 amide bonds. The smallest absolute Gasteiger partial charge is 0.137 e. The van der Waals surface area contributed by atoms with Crippen molar-refractivity contribution in [3.8, 4) is 0 Å². The Bertz CT molecular complexity index is 387. The van der Waals surface area contributed by atoms with Gasteiger partial charge < -0.3 is 11.5 Å². The molecule has 0 fully saturated rings. The molecule has 4 N–H and O–H groups in total. The van der Waals surface area contributed by atoms with Crippen LogP contribution in [0.1, 0.15) is 44.6 Å². The number of anilines is 1. The van der Waals surface area contributed by atoms with E-state index in [9.17, 15) is 4.79 Å². The topological polar surface area (TPSA) is 82.0 Å². The van der Waals surface area contributed by atoms with Crippen LogP contribution in [0.2, 0.25) is 0 Å². The Morgan fingerprint density at radius 3 is 2.79 bits per heavy atom. The summed E-state index contributed by atoms with van der Waals surface area (Å²) >= 11 is 0. The van der Waals surface area contributed by atoms with E-state index in [-0.39, 0.29) is 5.78 Å². The zero-order valence-corrected chi connectivity index (χ0v) is 11.8. The number of nitrogens with zero attached hydrogens (tertiary/aromatic N) is 1. The number of pyridine rings is 1. The zero-order chi connectivity index (χ0) is 14.1. The minimum Gasteiger partial charge on any atom is -0.384 e. The van der Waals surface area contributed by atoms with Crippen LogP contribution in [-0.2, 0) is 11.2 Å². The van der Waals surface area contributed by atoms with E-state index in [2.05, 4.69) is 11.9 Å². The van der Waals surface area contributed by atoms with E-state index < -0.39 is 0 Å². The highest BCUT2D eigenvalue weighted by atomic mass is 16.1. The lowest BCUT2D eigenvalue weighted by Crippen LogP contribution is -2.12. The van der Waals surface area contributed by atoms with Crippen molar-refractivity contribution in [2.75, 3.05) is 12.3 Å². The number of hydrogen-bond acceptors (Lipinski definition) is 4. The molecule has 1 rings (SSSR count). The number of hydrogen-bond donors (Lipinski definition) is 2. The predicted octanol–water partition coefficient (Wildman–Crippen LogP) is 2.32. The van der Waals surface area contributed by atoms with E-state index in [1.54, 1.807) is 12.3 Å². The average Bonchev–Trinajstić information content (AvgIpc) is 2.36. The fourth-order valence-corrected chi connectivity index (χ4v) is 2.36. The molecule has 0 saturated carbocycles. The summed E-state index contributed by atoms with van der Waals surface area (Å²) in [5.41, 5.74) is 12.1. The molecule has 4 nitrogen and oxygen atoms in total. The van der Waals surface area contributed by atoms with E-state index in [4.69, 9.17) is 11.5 Å². The van der Waals surface area contributed by atoms with Crippen molar-refractivity contribution in [1.29, 1.82) is 0 Å². The van der Waals surface area contributed by atoms with Gasteiger partial charge in [0.1, 0.15) is 11.6 Å².